The fourth-order valence-electron chi connectivity index (χ4n) is 0.733. The van der Waals surface area contributed by atoms with Crippen LogP contribution in [0.4, 0.5) is 0 Å². The number of halogens is 1. The van der Waals surface area contributed by atoms with Gasteiger partial charge in [-0.15, -0.1) is 0 Å². The molecule has 0 spiro atoms. The number of rotatable bonds is 2. The second-order valence-electron chi connectivity index (χ2n) is 2.08. The molecule has 0 aliphatic carbocycles. The van der Waals surface area contributed by atoms with Gasteiger partial charge >= 0.3 is 0 Å². The van der Waals surface area contributed by atoms with Crippen LogP contribution in [-0.2, 0) is 0 Å². The second kappa shape index (κ2) is 4.09. The van der Waals surface area contributed by atoms with Crippen LogP contribution in [0.2, 0.25) is 0 Å². The SMILES string of the molecule is N=C/C=C/c1ccc(Br)cc1. The van der Waals surface area contributed by atoms with Crippen molar-refractivity contribution in [3.05, 3.63) is 40.4 Å². The maximum absolute atomic E-state index is 6.77. The first-order chi connectivity index (χ1) is 5.33. The Labute approximate surface area is 74.4 Å². The molecule has 0 saturated heterocycles. The Bertz CT molecular complexity index is 261. The zero-order valence-electron chi connectivity index (χ0n) is 5.92. The monoisotopic (exact) mass is 209 g/mol. The molecule has 0 saturated carbocycles. The molecule has 1 N–H and O–H groups in total. The third kappa shape index (κ3) is 2.68. The number of allylic oxidation sites excluding steroid dienone is 1. The lowest BCUT2D eigenvalue weighted by atomic mass is 10.2. The lowest BCUT2D eigenvalue weighted by Gasteiger charge is -1.91. The molecule has 0 heterocycles. The van der Waals surface area contributed by atoms with E-state index in [1.54, 1.807) is 6.08 Å². The van der Waals surface area contributed by atoms with Gasteiger partial charge in [0.15, 0.2) is 0 Å². The summed E-state index contributed by atoms with van der Waals surface area (Å²) in [5, 5.41) is 6.77. The maximum Gasteiger partial charge on any atom is 0.0177 e. The van der Waals surface area contributed by atoms with E-state index in [1.165, 1.54) is 6.21 Å². The summed E-state index contributed by atoms with van der Waals surface area (Å²) in [4.78, 5) is 0. The average Bonchev–Trinajstić information content (AvgIpc) is 2.04. The minimum atomic E-state index is 1.07. The van der Waals surface area contributed by atoms with Gasteiger partial charge in [0.1, 0.15) is 0 Å². The third-order valence-electron chi connectivity index (χ3n) is 1.25. The Balaban J connectivity index is 2.81. The quantitative estimate of drug-likeness (QED) is 0.725. The summed E-state index contributed by atoms with van der Waals surface area (Å²) in [5.74, 6) is 0. The van der Waals surface area contributed by atoms with Gasteiger partial charge in [-0.2, -0.15) is 0 Å². The van der Waals surface area contributed by atoms with Crippen LogP contribution in [0.5, 0.6) is 0 Å². The molecule has 1 aromatic rings. The molecule has 0 aliphatic heterocycles. The van der Waals surface area contributed by atoms with Crippen LogP contribution < -0.4 is 0 Å². The van der Waals surface area contributed by atoms with Crippen molar-refractivity contribution >= 4 is 28.2 Å². The van der Waals surface area contributed by atoms with Crippen molar-refractivity contribution in [1.29, 1.82) is 5.41 Å². The van der Waals surface area contributed by atoms with Crippen LogP contribution in [0.3, 0.4) is 0 Å². The lowest BCUT2D eigenvalue weighted by molar-refractivity contribution is 1.58. The molecule has 1 rings (SSSR count). The Kier molecular flexibility index (Phi) is 3.05. The summed E-state index contributed by atoms with van der Waals surface area (Å²) in [6.07, 6.45) is 4.85. The Morgan fingerprint density at radius 2 is 1.82 bits per heavy atom. The van der Waals surface area contributed by atoms with Crippen molar-refractivity contribution in [2.75, 3.05) is 0 Å². The van der Waals surface area contributed by atoms with Crippen molar-refractivity contribution in [3.8, 4) is 0 Å². The van der Waals surface area contributed by atoms with Crippen molar-refractivity contribution in [1.82, 2.24) is 0 Å². The van der Waals surface area contributed by atoms with E-state index in [-0.39, 0.29) is 0 Å². The number of benzene rings is 1. The number of nitrogens with one attached hydrogen (secondary N) is 1. The van der Waals surface area contributed by atoms with Gasteiger partial charge in [-0.25, -0.2) is 0 Å². The van der Waals surface area contributed by atoms with Crippen molar-refractivity contribution in [3.63, 3.8) is 0 Å². The molecule has 0 radical (unpaired) electrons. The minimum absolute atomic E-state index is 1.07. The molecule has 2 heteroatoms. The highest BCUT2D eigenvalue weighted by molar-refractivity contribution is 9.10. The van der Waals surface area contributed by atoms with Crippen LogP contribution >= 0.6 is 15.9 Å². The molecule has 11 heavy (non-hydrogen) atoms. The second-order valence-corrected chi connectivity index (χ2v) is 2.99. The molecular weight excluding hydrogens is 202 g/mol. The molecule has 1 aromatic carbocycles. The Morgan fingerprint density at radius 3 is 2.36 bits per heavy atom. The average molecular weight is 210 g/mol. The summed E-state index contributed by atoms with van der Waals surface area (Å²) in [5.41, 5.74) is 1.11. The van der Waals surface area contributed by atoms with Gasteiger partial charge in [0.05, 0.1) is 0 Å². The van der Waals surface area contributed by atoms with E-state index >= 15 is 0 Å². The third-order valence-corrected chi connectivity index (χ3v) is 1.78. The van der Waals surface area contributed by atoms with Gasteiger partial charge in [0.2, 0.25) is 0 Å². The number of hydrogen-bond donors (Lipinski definition) is 1. The molecule has 0 fully saturated rings. The predicted octanol–water partition coefficient (Wildman–Crippen LogP) is 3.11. The largest absolute Gasteiger partial charge is 0.309 e. The molecule has 1 nitrogen and oxygen atoms in total. The summed E-state index contributed by atoms with van der Waals surface area (Å²) >= 11 is 3.34. The van der Waals surface area contributed by atoms with Gasteiger partial charge in [0, 0.05) is 10.7 Å². The van der Waals surface area contributed by atoms with Crippen LogP contribution in [0.15, 0.2) is 34.8 Å². The van der Waals surface area contributed by atoms with E-state index < -0.39 is 0 Å². The smallest absolute Gasteiger partial charge is 0.0177 e. The highest BCUT2D eigenvalue weighted by atomic mass is 79.9. The minimum Gasteiger partial charge on any atom is -0.309 e. The van der Waals surface area contributed by atoms with Crippen LogP contribution in [-0.4, -0.2) is 6.21 Å². The van der Waals surface area contributed by atoms with Gasteiger partial charge < -0.3 is 5.41 Å². The van der Waals surface area contributed by atoms with E-state index in [2.05, 4.69) is 15.9 Å². The predicted molar refractivity (Wildman–Crippen MR) is 52.0 cm³/mol. The topological polar surface area (TPSA) is 23.9 Å². The molecule has 56 valence electrons. The van der Waals surface area contributed by atoms with E-state index in [4.69, 9.17) is 5.41 Å². The van der Waals surface area contributed by atoms with Gasteiger partial charge in [-0.1, -0.05) is 34.1 Å². The van der Waals surface area contributed by atoms with E-state index in [1.807, 2.05) is 30.3 Å². The first-order valence-corrected chi connectivity index (χ1v) is 4.05. The Morgan fingerprint density at radius 1 is 1.18 bits per heavy atom. The normalized spacial score (nSPS) is 10.3. The molecule has 0 aliphatic rings. The molecule has 0 aromatic heterocycles. The summed E-state index contributed by atoms with van der Waals surface area (Å²) in [7, 11) is 0. The molecule has 0 amide bonds. The summed E-state index contributed by atoms with van der Waals surface area (Å²) < 4.78 is 1.07. The fourth-order valence-corrected chi connectivity index (χ4v) is 0.997. The summed E-state index contributed by atoms with van der Waals surface area (Å²) in [6, 6.07) is 7.93. The molecular formula is C9H8BrN. The molecule has 0 atom stereocenters. The van der Waals surface area contributed by atoms with Gasteiger partial charge in [0.25, 0.3) is 0 Å². The molecule has 0 unspecified atom stereocenters. The Hall–Kier alpha value is -0.890. The van der Waals surface area contributed by atoms with Crippen molar-refractivity contribution in [2.24, 2.45) is 0 Å². The highest BCUT2D eigenvalue weighted by Crippen LogP contribution is 2.10. The molecule has 0 bridgehead atoms. The van der Waals surface area contributed by atoms with Crippen molar-refractivity contribution < 1.29 is 0 Å². The van der Waals surface area contributed by atoms with Crippen LogP contribution in [0, 0.1) is 5.41 Å². The highest BCUT2D eigenvalue weighted by Gasteiger charge is 1.85. The van der Waals surface area contributed by atoms with E-state index in [0.717, 1.165) is 10.0 Å². The van der Waals surface area contributed by atoms with E-state index in [0.29, 0.717) is 0 Å². The first-order valence-electron chi connectivity index (χ1n) is 3.25. The van der Waals surface area contributed by atoms with E-state index in [9.17, 15) is 0 Å². The zero-order valence-corrected chi connectivity index (χ0v) is 7.51. The van der Waals surface area contributed by atoms with Gasteiger partial charge in [-0.05, 0) is 23.8 Å². The van der Waals surface area contributed by atoms with Gasteiger partial charge in [-0.3, -0.25) is 0 Å². The van der Waals surface area contributed by atoms with Crippen LogP contribution in [0.25, 0.3) is 6.08 Å². The van der Waals surface area contributed by atoms with Crippen LogP contribution in [0.1, 0.15) is 5.56 Å². The lowest BCUT2D eigenvalue weighted by Crippen LogP contribution is -1.70. The fraction of sp³-hybridized carbons (Fsp3) is 0. The standard InChI is InChI=1S/C9H8BrN/c10-9-5-3-8(4-6-9)2-1-7-11/h1-7,11H/b2-1+,11-7?. The first kappa shape index (κ1) is 8.21. The summed E-state index contributed by atoms with van der Waals surface area (Å²) in [6.45, 7) is 0. The number of hydrogen-bond acceptors (Lipinski definition) is 1. The van der Waals surface area contributed by atoms with Crippen molar-refractivity contribution in [2.45, 2.75) is 0 Å². The zero-order chi connectivity index (χ0) is 8.10. The maximum atomic E-state index is 6.77.